The zero-order valence-electron chi connectivity index (χ0n) is 11.7. The maximum absolute atomic E-state index is 12.4. The third-order valence-corrected chi connectivity index (χ3v) is 4.45. The molecule has 2 saturated carbocycles. The number of carboxylic acids is 1. The van der Waals surface area contributed by atoms with Crippen LogP contribution in [-0.4, -0.2) is 40.1 Å². The fraction of sp³-hybridized carbons (Fsp3) is 0.857. The summed E-state index contributed by atoms with van der Waals surface area (Å²) in [6.45, 7) is 1.87. The van der Waals surface area contributed by atoms with Gasteiger partial charge in [0.15, 0.2) is 0 Å². The lowest BCUT2D eigenvalue weighted by atomic mass is 10.0. The van der Waals surface area contributed by atoms with E-state index in [-0.39, 0.29) is 24.2 Å². The summed E-state index contributed by atoms with van der Waals surface area (Å²) in [4.78, 5) is 24.9. The van der Waals surface area contributed by atoms with E-state index in [1.807, 2.05) is 0 Å². The first-order valence-electron chi connectivity index (χ1n) is 7.31. The Morgan fingerprint density at radius 2 is 1.79 bits per heavy atom. The summed E-state index contributed by atoms with van der Waals surface area (Å²) in [5.74, 6) is -0.932. The minimum absolute atomic E-state index is 0.0982. The van der Waals surface area contributed by atoms with E-state index in [1.54, 1.807) is 0 Å². The molecule has 0 atom stereocenters. The molecule has 2 rings (SSSR count). The number of hydrogen-bond donors (Lipinski definition) is 2. The first kappa shape index (κ1) is 14.2. The van der Waals surface area contributed by atoms with Gasteiger partial charge in [-0.2, -0.15) is 0 Å². The second-order valence-corrected chi connectivity index (χ2v) is 6.16. The number of hydrogen-bond acceptors (Lipinski definition) is 2. The lowest BCUT2D eigenvalue weighted by Crippen LogP contribution is -2.54. The van der Waals surface area contributed by atoms with Crippen molar-refractivity contribution in [2.75, 3.05) is 6.54 Å². The van der Waals surface area contributed by atoms with Crippen molar-refractivity contribution in [2.45, 2.75) is 69.9 Å². The zero-order chi connectivity index (χ0) is 13.9. The summed E-state index contributed by atoms with van der Waals surface area (Å²) in [7, 11) is 0. The molecular weight excluding hydrogens is 244 g/mol. The molecule has 0 radical (unpaired) electrons. The Bertz CT molecular complexity index is 345. The second-order valence-electron chi connectivity index (χ2n) is 6.16. The number of nitrogens with zero attached hydrogens (tertiary/aromatic N) is 1. The topological polar surface area (TPSA) is 69.6 Å². The maximum Gasteiger partial charge on any atom is 0.323 e. The smallest absolute Gasteiger partial charge is 0.323 e. The summed E-state index contributed by atoms with van der Waals surface area (Å²) in [6.07, 6.45) is 8.29. The van der Waals surface area contributed by atoms with Gasteiger partial charge in [-0.1, -0.05) is 25.7 Å². The molecule has 0 bridgehead atoms. The van der Waals surface area contributed by atoms with Crippen molar-refractivity contribution >= 4 is 12.0 Å². The van der Waals surface area contributed by atoms with E-state index in [0.29, 0.717) is 0 Å². The van der Waals surface area contributed by atoms with E-state index in [4.69, 9.17) is 5.11 Å². The molecule has 2 N–H and O–H groups in total. The number of nitrogens with one attached hydrogen (secondary N) is 1. The van der Waals surface area contributed by atoms with Gasteiger partial charge in [0.1, 0.15) is 6.54 Å². The van der Waals surface area contributed by atoms with Gasteiger partial charge >= 0.3 is 12.0 Å². The van der Waals surface area contributed by atoms with Gasteiger partial charge in [-0.25, -0.2) is 4.79 Å². The Morgan fingerprint density at radius 3 is 2.32 bits per heavy atom. The van der Waals surface area contributed by atoms with Gasteiger partial charge in [-0.05, 0) is 32.6 Å². The predicted molar refractivity (Wildman–Crippen MR) is 72.0 cm³/mol. The Hall–Kier alpha value is -1.26. The van der Waals surface area contributed by atoms with E-state index in [1.165, 1.54) is 4.90 Å². The quantitative estimate of drug-likeness (QED) is 0.822. The van der Waals surface area contributed by atoms with Crippen LogP contribution in [0.15, 0.2) is 0 Å². The highest BCUT2D eigenvalue weighted by Gasteiger charge is 2.34. The van der Waals surface area contributed by atoms with E-state index in [0.717, 1.165) is 51.4 Å². The van der Waals surface area contributed by atoms with Crippen LogP contribution in [-0.2, 0) is 4.79 Å². The maximum atomic E-state index is 12.4. The fourth-order valence-electron chi connectivity index (χ4n) is 3.34. The van der Waals surface area contributed by atoms with Gasteiger partial charge in [-0.15, -0.1) is 0 Å². The minimum Gasteiger partial charge on any atom is -0.480 e. The lowest BCUT2D eigenvalue weighted by Gasteiger charge is -2.33. The molecule has 0 saturated heterocycles. The Morgan fingerprint density at radius 1 is 1.21 bits per heavy atom. The SMILES string of the molecule is CC1(NC(=O)N(CC(=O)O)C2CCCC2)CCCC1. The van der Waals surface area contributed by atoms with E-state index in [2.05, 4.69) is 12.2 Å². The van der Waals surface area contributed by atoms with Crippen LogP contribution in [0, 0.1) is 0 Å². The molecule has 2 aliphatic carbocycles. The first-order valence-corrected chi connectivity index (χ1v) is 7.31. The van der Waals surface area contributed by atoms with Crippen molar-refractivity contribution in [3.63, 3.8) is 0 Å². The standard InChI is InChI=1S/C14H24N2O3/c1-14(8-4-5-9-14)15-13(19)16(10-12(17)18)11-6-2-3-7-11/h11H,2-10H2,1H3,(H,15,19)(H,17,18). The average molecular weight is 268 g/mol. The van der Waals surface area contributed by atoms with E-state index >= 15 is 0 Å². The summed E-state index contributed by atoms with van der Waals surface area (Å²) < 4.78 is 0. The van der Waals surface area contributed by atoms with Crippen molar-refractivity contribution < 1.29 is 14.7 Å². The van der Waals surface area contributed by atoms with E-state index < -0.39 is 5.97 Å². The molecule has 0 aromatic rings. The minimum atomic E-state index is -0.932. The summed E-state index contributed by atoms with van der Waals surface area (Å²) in [5, 5.41) is 12.1. The molecule has 0 unspecified atom stereocenters. The number of aliphatic carboxylic acids is 1. The number of carbonyl (C=O) groups is 2. The number of amides is 2. The first-order chi connectivity index (χ1) is 9.00. The molecule has 5 heteroatoms. The lowest BCUT2D eigenvalue weighted by molar-refractivity contribution is -0.138. The van der Waals surface area contributed by atoms with Crippen LogP contribution in [0.5, 0.6) is 0 Å². The normalized spacial score (nSPS) is 22.4. The monoisotopic (exact) mass is 268 g/mol. The average Bonchev–Trinajstić information content (AvgIpc) is 2.97. The van der Waals surface area contributed by atoms with Crippen molar-refractivity contribution in [1.82, 2.24) is 10.2 Å². The number of urea groups is 1. The van der Waals surface area contributed by atoms with Gasteiger partial charge in [-0.3, -0.25) is 4.79 Å². The molecule has 108 valence electrons. The molecule has 2 aliphatic rings. The van der Waals surface area contributed by atoms with Crippen molar-refractivity contribution in [3.05, 3.63) is 0 Å². The van der Waals surface area contributed by atoms with Crippen LogP contribution in [0.3, 0.4) is 0 Å². The number of rotatable bonds is 4. The largest absolute Gasteiger partial charge is 0.480 e. The van der Waals surface area contributed by atoms with Crippen molar-refractivity contribution in [1.29, 1.82) is 0 Å². The molecule has 0 aromatic heterocycles. The molecule has 2 amide bonds. The Labute approximate surface area is 114 Å². The summed E-state index contributed by atoms with van der Waals surface area (Å²) in [6, 6.07) is -0.0974. The van der Waals surface area contributed by atoms with Crippen molar-refractivity contribution in [3.8, 4) is 0 Å². The highest BCUT2D eigenvalue weighted by atomic mass is 16.4. The van der Waals surface area contributed by atoms with Gasteiger partial charge in [0.25, 0.3) is 0 Å². The van der Waals surface area contributed by atoms with Crippen LogP contribution in [0.1, 0.15) is 58.3 Å². The molecular formula is C14H24N2O3. The summed E-state index contributed by atoms with van der Waals surface area (Å²) in [5.41, 5.74) is -0.146. The molecule has 0 aromatic carbocycles. The van der Waals surface area contributed by atoms with Crippen LogP contribution >= 0.6 is 0 Å². The second kappa shape index (κ2) is 5.80. The Balaban J connectivity index is 1.99. The fourth-order valence-corrected chi connectivity index (χ4v) is 3.34. The molecule has 5 nitrogen and oxygen atoms in total. The Kier molecular flexibility index (Phi) is 4.32. The molecule has 0 spiro atoms. The zero-order valence-corrected chi connectivity index (χ0v) is 11.7. The van der Waals surface area contributed by atoms with Gasteiger partial charge in [0.2, 0.25) is 0 Å². The van der Waals surface area contributed by atoms with Crippen LogP contribution < -0.4 is 5.32 Å². The summed E-state index contributed by atoms with van der Waals surface area (Å²) >= 11 is 0. The number of carbonyl (C=O) groups excluding carboxylic acids is 1. The highest BCUT2D eigenvalue weighted by Crippen LogP contribution is 2.30. The molecule has 0 heterocycles. The van der Waals surface area contributed by atoms with Crippen LogP contribution in [0.25, 0.3) is 0 Å². The molecule has 2 fully saturated rings. The van der Waals surface area contributed by atoms with Crippen LogP contribution in [0.4, 0.5) is 4.79 Å². The van der Waals surface area contributed by atoms with Crippen LogP contribution in [0.2, 0.25) is 0 Å². The van der Waals surface area contributed by atoms with Crippen molar-refractivity contribution in [2.24, 2.45) is 0 Å². The predicted octanol–water partition coefficient (Wildman–Crippen LogP) is 2.36. The third kappa shape index (κ3) is 3.61. The van der Waals surface area contributed by atoms with Gasteiger partial charge < -0.3 is 15.3 Å². The van der Waals surface area contributed by atoms with E-state index in [9.17, 15) is 9.59 Å². The third-order valence-electron chi connectivity index (χ3n) is 4.45. The van der Waals surface area contributed by atoms with Gasteiger partial charge in [0, 0.05) is 11.6 Å². The molecule has 0 aliphatic heterocycles. The molecule has 19 heavy (non-hydrogen) atoms. The highest BCUT2D eigenvalue weighted by molar-refractivity contribution is 5.81. The van der Waals surface area contributed by atoms with Gasteiger partial charge in [0.05, 0.1) is 0 Å². The number of carboxylic acid groups (broad SMARTS) is 1.